The molecule has 0 unspecified atom stereocenters. The molecule has 0 atom stereocenters. The Morgan fingerprint density at radius 1 is 0.941 bits per heavy atom. The predicted molar refractivity (Wildman–Crippen MR) is 127 cm³/mol. The molecule has 176 valence electrons. The number of hydrogen-bond acceptors (Lipinski definition) is 7. The van der Waals surface area contributed by atoms with Gasteiger partial charge in [0.1, 0.15) is 10.7 Å². The van der Waals surface area contributed by atoms with Crippen LogP contribution in [0.2, 0.25) is 0 Å². The molecular weight excluding hydrogens is 478 g/mol. The van der Waals surface area contributed by atoms with Gasteiger partial charge in [-0.25, -0.2) is 0 Å². The van der Waals surface area contributed by atoms with Crippen LogP contribution < -0.4 is 16.6 Å². The quantitative estimate of drug-likeness (QED) is 0.366. The van der Waals surface area contributed by atoms with E-state index in [-0.39, 0.29) is 22.2 Å². The van der Waals surface area contributed by atoms with Gasteiger partial charge in [0.05, 0.1) is 16.8 Å². The van der Waals surface area contributed by atoms with E-state index in [0.29, 0.717) is 4.90 Å². The van der Waals surface area contributed by atoms with E-state index in [1.165, 1.54) is 23.9 Å². The summed E-state index contributed by atoms with van der Waals surface area (Å²) in [5, 5.41) is 2.04. The molecule has 0 saturated heterocycles. The molecule has 11 heteroatoms. The molecule has 3 aromatic rings. The van der Waals surface area contributed by atoms with Crippen molar-refractivity contribution >= 4 is 39.5 Å². The monoisotopic (exact) mass is 499 g/mol. The summed E-state index contributed by atoms with van der Waals surface area (Å²) in [7, 11) is -4.79. The lowest BCUT2D eigenvalue weighted by Gasteiger charge is -2.19. The maximum Gasteiger partial charge on any atom is 0.296 e. The summed E-state index contributed by atoms with van der Waals surface area (Å²) in [6.07, 6.45) is 0. The van der Waals surface area contributed by atoms with Gasteiger partial charge in [0.25, 0.3) is 27.5 Å². The molecule has 0 fully saturated rings. The average molecular weight is 500 g/mol. The highest BCUT2D eigenvalue weighted by atomic mass is 32.2. The van der Waals surface area contributed by atoms with Crippen molar-refractivity contribution in [3.05, 3.63) is 75.6 Å². The Labute approximate surface area is 199 Å². The Kier molecular flexibility index (Phi) is 5.67. The number of nitrogens with two attached hydrogens (primary N) is 1. The first kappa shape index (κ1) is 23.7. The molecule has 1 aromatic heterocycles. The smallest absolute Gasteiger partial charge is 0.296 e. The number of amides is 2. The van der Waals surface area contributed by atoms with Crippen molar-refractivity contribution in [3.8, 4) is 5.69 Å². The molecule has 2 amide bonds. The summed E-state index contributed by atoms with van der Waals surface area (Å²) in [5.74, 6) is -1.98. The number of nitrogens with one attached hydrogen (secondary N) is 1. The second-order valence-corrected chi connectivity index (χ2v) is 11.3. The number of fused-ring (bicyclic) bond motifs is 1. The van der Waals surface area contributed by atoms with Crippen molar-refractivity contribution in [2.24, 2.45) is 0 Å². The van der Waals surface area contributed by atoms with Gasteiger partial charge in [-0.3, -0.25) is 28.8 Å². The zero-order valence-electron chi connectivity index (χ0n) is 18.4. The van der Waals surface area contributed by atoms with Gasteiger partial charge >= 0.3 is 0 Å². The molecule has 4 N–H and O–H groups in total. The number of benzene rings is 2. The molecule has 1 aliphatic rings. The minimum atomic E-state index is -4.79. The van der Waals surface area contributed by atoms with Gasteiger partial charge in [-0.05, 0) is 41.3 Å². The van der Waals surface area contributed by atoms with Crippen molar-refractivity contribution in [2.45, 2.75) is 40.9 Å². The van der Waals surface area contributed by atoms with Crippen LogP contribution in [0.5, 0.6) is 0 Å². The molecule has 0 bridgehead atoms. The normalized spacial score (nSPS) is 13.6. The van der Waals surface area contributed by atoms with Crippen LogP contribution in [0.15, 0.2) is 68.0 Å². The van der Waals surface area contributed by atoms with Gasteiger partial charge in [-0.1, -0.05) is 44.7 Å². The van der Waals surface area contributed by atoms with Crippen LogP contribution in [-0.2, 0) is 15.5 Å². The molecule has 0 radical (unpaired) electrons. The molecule has 0 spiro atoms. The first-order chi connectivity index (χ1) is 15.8. The topological polar surface area (TPSA) is 149 Å². The summed E-state index contributed by atoms with van der Waals surface area (Å²) >= 11 is 1.27. The molecule has 34 heavy (non-hydrogen) atoms. The fourth-order valence-corrected chi connectivity index (χ4v) is 5.27. The number of rotatable bonds is 4. The number of carbonyl (C=O) groups excluding carboxylic acids is 2. The van der Waals surface area contributed by atoms with E-state index in [9.17, 15) is 27.4 Å². The highest BCUT2D eigenvalue weighted by molar-refractivity contribution is 7.99. The van der Waals surface area contributed by atoms with E-state index in [2.05, 4.69) is 20.8 Å². The molecule has 0 saturated carbocycles. The summed E-state index contributed by atoms with van der Waals surface area (Å²) in [6, 6.07) is 12.8. The predicted octanol–water partition coefficient (Wildman–Crippen LogP) is 3.00. The number of nitrogens with zero attached hydrogens (tertiary/aromatic N) is 1. The van der Waals surface area contributed by atoms with Crippen molar-refractivity contribution < 1.29 is 22.6 Å². The zero-order valence-corrected chi connectivity index (χ0v) is 20.1. The highest BCUT2D eigenvalue weighted by Gasteiger charge is 2.33. The molecule has 2 heterocycles. The number of carbonyl (C=O) groups is 2. The fourth-order valence-electron chi connectivity index (χ4n) is 3.64. The maximum atomic E-state index is 12.7. The Morgan fingerprint density at radius 2 is 1.56 bits per heavy atom. The summed E-state index contributed by atoms with van der Waals surface area (Å²) < 4.78 is 35.1. The van der Waals surface area contributed by atoms with E-state index < -0.39 is 38.2 Å². The first-order valence-electron chi connectivity index (χ1n) is 10.1. The number of hydrogen-bond donors (Lipinski definition) is 3. The summed E-state index contributed by atoms with van der Waals surface area (Å²) in [5.41, 5.74) is 5.63. The molecule has 4 rings (SSSR count). The minimum Gasteiger partial charge on any atom is -0.384 e. The lowest BCUT2D eigenvalue weighted by molar-refractivity contribution is 0.0880. The number of imide groups is 1. The second-order valence-electron chi connectivity index (χ2n) is 8.76. The third-order valence-electron chi connectivity index (χ3n) is 5.36. The van der Waals surface area contributed by atoms with Crippen LogP contribution in [0.4, 0.5) is 5.82 Å². The van der Waals surface area contributed by atoms with Crippen molar-refractivity contribution in [1.82, 2.24) is 9.88 Å². The van der Waals surface area contributed by atoms with E-state index in [1.807, 2.05) is 29.6 Å². The zero-order chi connectivity index (χ0) is 25.0. The molecular formula is C23H21N3O6S2. The third-order valence-corrected chi connectivity index (χ3v) is 7.24. The van der Waals surface area contributed by atoms with Crippen LogP contribution in [0, 0.1) is 0 Å². The average Bonchev–Trinajstić information content (AvgIpc) is 3.01. The lowest BCUT2D eigenvalue weighted by atomic mass is 9.87. The van der Waals surface area contributed by atoms with E-state index in [0.717, 1.165) is 21.1 Å². The number of anilines is 1. The van der Waals surface area contributed by atoms with Gasteiger partial charge in [-0.15, -0.1) is 0 Å². The van der Waals surface area contributed by atoms with Crippen LogP contribution in [0.25, 0.3) is 5.69 Å². The van der Waals surface area contributed by atoms with Gasteiger partial charge in [-0.2, -0.15) is 8.42 Å². The Morgan fingerprint density at radius 3 is 2.15 bits per heavy atom. The van der Waals surface area contributed by atoms with E-state index in [4.69, 9.17) is 5.73 Å². The Balaban J connectivity index is 1.81. The van der Waals surface area contributed by atoms with Crippen molar-refractivity contribution in [1.29, 1.82) is 0 Å². The van der Waals surface area contributed by atoms with E-state index in [1.54, 1.807) is 6.07 Å². The van der Waals surface area contributed by atoms with Gasteiger partial charge in [0.2, 0.25) is 0 Å². The second kappa shape index (κ2) is 8.12. The summed E-state index contributed by atoms with van der Waals surface area (Å²) in [4.78, 5) is 37.5. The van der Waals surface area contributed by atoms with Crippen LogP contribution >= 0.6 is 11.8 Å². The van der Waals surface area contributed by atoms with Gasteiger partial charge in [0.15, 0.2) is 0 Å². The standard InChI is InChI=1S/C23H21N3O6S2/c1-23(2,3)12-4-6-13(7-5-12)33-14-8-9-16(17(10-14)34(30,31)32)26-18(27)11-15-19(20(26)24)22(29)25-21(15)28/h4-11H,24H2,1-3H3,(H,25,28,29)(H,30,31,32). The van der Waals surface area contributed by atoms with Crippen molar-refractivity contribution in [2.75, 3.05) is 5.73 Å². The first-order valence-corrected chi connectivity index (χ1v) is 12.3. The maximum absolute atomic E-state index is 12.7. The molecule has 0 aliphatic carbocycles. The van der Waals surface area contributed by atoms with Crippen LogP contribution in [-0.4, -0.2) is 29.4 Å². The molecule has 9 nitrogen and oxygen atoms in total. The number of pyridine rings is 1. The number of aromatic nitrogens is 1. The van der Waals surface area contributed by atoms with Gasteiger partial charge in [0, 0.05) is 15.9 Å². The Hall–Kier alpha value is -3.41. The van der Waals surface area contributed by atoms with Crippen LogP contribution in [0.1, 0.15) is 47.1 Å². The SMILES string of the molecule is CC(C)(C)c1ccc(Sc2ccc(-n3c(N)c4c(cc3=O)C(=O)NC4=O)c(S(=O)(=O)O)c2)cc1. The van der Waals surface area contributed by atoms with Crippen molar-refractivity contribution in [3.63, 3.8) is 0 Å². The lowest BCUT2D eigenvalue weighted by Crippen LogP contribution is -2.25. The van der Waals surface area contributed by atoms with Crippen LogP contribution in [0.3, 0.4) is 0 Å². The minimum absolute atomic E-state index is 0.0203. The summed E-state index contributed by atoms with van der Waals surface area (Å²) in [6.45, 7) is 6.29. The highest BCUT2D eigenvalue weighted by Crippen LogP contribution is 2.34. The van der Waals surface area contributed by atoms with E-state index >= 15 is 0 Å². The third kappa shape index (κ3) is 4.25. The largest absolute Gasteiger partial charge is 0.384 e. The molecule has 1 aliphatic heterocycles. The number of nitrogen functional groups attached to an aromatic ring is 1. The fraction of sp³-hybridized carbons (Fsp3) is 0.174. The van der Waals surface area contributed by atoms with Gasteiger partial charge < -0.3 is 5.73 Å². The molecule has 2 aromatic carbocycles. The Bertz CT molecular complexity index is 1520.